The van der Waals surface area contributed by atoms with Crippen LogP contribution in [0.3, 0.4) is 0 Å². The Hall–Kier alpha value is -1.97. The van der Waals surface area contributed by atoms with Crippen molar-refractivity contribution in [2.75, 3.05) is 6.61 Å². The molecule has 1 aliphatic carbocycles. The lowest BCUT2D eigenvalue weighted by molar-refractivity contribution is 0.0663. The Labute approximate surface area is 111 Å². The molecule has 3 rings (SSSR count). The predicted octanol–water partition coefficient (Wildman–Crippen LogP) is 3.80. The van der Waals surface area contributed by atoms with E-state index in [-0.39, 0.29) is 5.76 Å². The molecular formula is C15H16O4. The Morgan fingerprint density at radius 2 is 2.26 bits per heavy atom. The first-order valence-corrected chi connectivity index (χ1v) is 6.63. The summed E-state index contributed by atoms with van der Waals surface area (Å²) in [5.74, 6) is 0.196. The molecule has 1 aliphatic rings. The van der Waals surface area contributed by atoms with E-state index in [1.54, 1.807) is 6.07 Å². The van der Waals surface area contributed by atoms with E-state index in [9.17, 15) is 9.90 Å². The third-order valence-corrected chi connectivity index (χ3v) is 3.35. The lowest BCUT2D eigenvalue weighted by Gasteiger charge is -2.04. The van der Waals surface area contributed by atoms with Crippen molar-refractivity contribution in [3.05, 3.63) is 29.5 Å². The summed E-state index contributed by atoms with van der Waals surface area (Å²) in [6.45, 7) is 2.71. The fourth-order valence-corrected chi connectivity index (χ4v) is 2.34. The summed E-state index contributed by atoms with van der Waals surface area (Å²) in [4.78, 5) is 11.3. The highest BCUT2D eigenvalue weighted by molar-refractivity contribution is 5.96. The molecule has 1 N–H and O–H groups in total. The van der Waals surface area contributed by atoms with Crippen LogP contribution >= 0.6 is 0 Å². The number of furan rings is 1. The molecule has 4 nitrogen and oxygen atoms in total. The number of carboxylic acid groups (broad SMARTS) is 1. The van der Waals surface area contributed by atoms with Crippen molar-refractivity contribution in [3.63, 3.8) is 0 Å². The van der Waals surface area contributed by atoms with Gasteiger partial charge in [-0.3, -0.25) is 0 Å². The number of carboxylic acids is 1. The average Bonchev–Trinajstić information content (AvgIpc) is 3.16. The lowest BCUT2D eigenvalue weighted by Crippen LogP contribution is -1.97. The quantitative estimate of drug-likeness (QED) is 0.888. The normalized spacial score (nSPS) is 14.8. The van der Waals surface area contributed by atoms with Crippen LogP contribution in [0.25, 0.3) is 11.0 Å². The van der Waals surface area contributed by atoms with E-state index in [1.807, 2.05) is 12.1 Å². The van der Waals surface area contributed by atoms with Gasteiger partial charge in [-0.15, -0.1) is 0 Å². The molecular weight excluding hydrogens is 244 g/mol. The van der Waals surface area contributed by atoms with E-state index in [0.29, 0.717) is 18.1 Å². The summed E-state index contributed by atoms with van der Waals surface area (Å²) in [6.07, 6.45) is 3.02. The molecule has 1 aromatic heterocycles. The Morgan fingerprint density at radius 1 is 1.47 bits per heavy atom. The van der Waals surface area contributed by atoms with Crippen LogP contribution in [0, 0.1) is 0 Å². The maximum Gasteiger partial charge on any atom is 0.372 e. The van der Waals surface area contributed by atoms with Crippen LogP contribution in [-0.2, 0) is 0 Å². The molecule has 1 aromatic carbocycles. The first-order chi connectivity index (χ1) is 9.20. The summed E-state index contributed by atoms with van der Waals surface area (Å²) in [7, 11) is 0. The molecule has 0 amide bonds. The van der Waals surface area contributed by atoms with E-state index in [4.69, 9.17) is 9.15 Å². The highest BCUT2D eigenvalue weighted by Crippen LogP contribution is 2.46. The van der Waals surface area contributed by atoms with Crippen molar-refractivity contribution in [3.8, 4) is 5.75 Å². The number of hydrogen-bond acceptors (Lipinski definition) is 3. The summed E-state index contributed by atoms with van der Waals surface area (Å²) < 4.78 is 11.1. The molecule has 0 unspecified atom stereocenters. The third-order valence-electron chi connectivity index (χ3n) is 3.35. The Morgan fingerprint density at radius 3 is 2.89 bits per heavy atom. The topological polar surface area (TPSA) is 59.7 Å². The first kappa shape index (κ1) is 12.1. The Kier molecular flexibility index (Phi) is 2.93. The van der Waals surface area contributed by atoms with Crippen molar-refractivity contribution in [1.29, 1.82) is 0 Å². The van der Waals surface area contributed by atoms with Crippen LogP contribution in [0.2, 0.25) is 0 Å². The first-order valence-electron chi connectivity index (χ1n) is 6.63. The minimum Gasteiger partial charge on any atom is -0.494 e. The standard InChI is InChI=1S/C15H16O4/c1-2-7-18-10-5-6-12-11(8-10)13(9-3-4-9)14(19-12)15(16)17/h5-6,8-9H,2-4,7H2,1H3,(H,16,17). The van der Waals surface area contributed by atoms with Crippen molar-refractivity contribution in [2.45, 2.75) is 32.1 Å². The molecule has 1 saturated carbocycles. The van der Waals surface area contributed by atoms with Gasteiger partial charge in [0, 0.05) is 10.9 Å². The smallest absolute Gasteiger partial charge is 0.372 e. The van der Waals surface area contributed by atoms with E-state index in [0.717, 1.165) is 36.0 Å². The number of rotatable bonds is 5. The fraction of sp³-hybridized carbons (Fsp3) is 0.400. The summed E-state index contributed by atoms with van der Waals surface area (Å²) in [5.41, 5.74) is 1.47. The molecule has 100 valence electrons. The number of benzene rings is 1. The van der Waals surface area contributed by atoms with Gasteiger partial charge >= 0.3 is 5.97 Å². The Balaban J connectivity index is 2.09. The minimum absolute atomic E-state index is 0.0881. The van der Waals surface area contributed by atoms with Gasteiger partial charge in [-0.05, 0) is 43.4 Å². The fourth-order valence-electron chi connectivity index (χ4n) is 2.34. The second-order valence-corrected chi connectivity index (χ2v) is 4.93. The van der Waals surface area contributed by atoms with Crippen LogP contribution in [-0.4, -0.2) is 17.7 Å². The van der Waals surface area contributed by atoms with Gasteiger partial charge in [0.25, 0.3) is 0 Å². The maximum absolute atomic E-state index is 11.3. The molecule has 0 atom stereocenters. The number of fused-ring (bicyclic) bond motifs is 1. The van der Waals surface area contributed by atoms with E-state index in [1.165, 1.54) is 0 Å². The number of ether oxygens (including phenoxy) is 1. The number of aromatic carboxylic acids is 1. The third kappa shape index (κ3) is 2.18. The predicted molar refractivity (Wildman–Crippen MR) is 70.9 cm³/mol. The molecule has 0 aliphatic heterocycles. The zero-order valence-corrected chi connectivity index (χ0v) is 10.8. The largest absolute Gasteiger partial charge is 0.494 e. The molecule has 4 heteroatoms. The number of hydrogen-bond donors (Lipinski definition) is 1. The molecule has 0 saturated heterocycles. The van der Waals surface area contributed by atoms with Gasteiger partial charge in [-0.25, -0.2) is 4.79 Å². The second-order valence-electron chi connectivity index (χ2n) is 4.93. The second kappa shape index (κ2) is 4.61. The van der Waals surface area contributed by atoms with E-state index in [2.05, 4.69) is 6.92 Å². The zero-order valence-electron chi connectivity index (χ0n) is 10.8. The van der Waals surface area contributed by atoms with E-state index >= 15 is 0 Å². The highest BCUT2D eigenvalue weighted by Gasteiger charge is 2.33. The summed E-state index contributed by atoms with van der Waals surface area (Å²) in [6, 6.07) is 5.51. The number of carbonyl (C=O) groups is 1. The molecule has 2 aromatic rings. The van der Waals surface area contributed by atoms with Gasteiger partial charge in [-0.2, -0.15) is 0 Å². The SMILES string of the molecule is CCCOc1ccc2oc(C(=O)O)c(C3CC3)c2c1. The molecule has 0 spiro atoms. The van der Waals surface area contributed by atoms with Crippen molar-refractivity contribution < 1.29 is 19.1 Å². The molecule has 19 heavy (non-hydrogen) atoms. The van der Waals surface area contributed by atoms with Gasteiger partial charge in [0.2, 0.25) is 5.76 Å². The van der Waals surface area contributed by atoms with Gasteiger partial charge in [0.05, 0.1) is 6.61 Å². The molecule has 1 heterocycles. The monoisotopic (exact) mass is 260 g/mol. The van der Waals surface area contributed by atoms with Gasteiger partial charge in [-0.1, -0.05) is 6.92 Å². The summed E-state index contributed by atoms with van der Waals surface area (Å²) in [5, 5.41) is 10.1. The molecule has 1 fully saturated rings. The maximum atomic E-state index is 11.3. The van der Waals surface area contributed by atoms with Crippen LogP contribution in [0.1, 0.15) is 48.2 Å². The zero-order chi connectivity index (χ0) is 13.4. The summed E-state index contributed by atoms with van der Waals surface area (Å²) >= 11 is 0. The van der Waals surface area contributed by atoms with Gasteiger partial charge < -0.3 is 14.3 Å². The van der Waals surface area contributed by atoms with Crippen LogP contribution in [0.5, 0.6) is 5.75 Å². The Bertz CT molecular complexity index is 622. The molecule has 0 bridgehead atoms. The van der Waals surface area contributed by atoms with Crippen LogP contribution in [0.15, 0.2) is 22.6 Å². The lowest BCUT2D eigenvalue weighted by atomic mass is 10.1. The average molecular weight is 260 g/mol. The van der Waals surface area contributed by atoms with Crippen LogP contribution in [0.4, 0.5) is 0 Å². The minimum atomic E-state index is -0.992. The van der Waals surface area contributed by atoms with Gasteiger partial charge in [0.15, 0.2) is 0 Å². The van der Waals surface area contributed by atoms with E-state index < -0.39 is 5.97 Å². The highest BCUT2D eigenvalue weighted by atomic mass is 16.5. The van der Waals surface area contributed by atoms with Gasteiger partial charge in [0.1, 0.15) is 11.3 Å². The van der Waals surface area contributed by atoms with Crippen molar-refractivity contribution in [1.82, 2.24) is 0 Å². The van der Waals surface area contributed by atoms with Crippen molar-refractivity contribution in [2.24, 2.45) is 0 Å². The molecule has 0 radical (unpaired) electrons. The van der Waals surface area contributed by atoms with Crippen molar-refractivity contribution >= 4 is 16.9 Å². The van der Waals surface area contributed by atoms with Crippen LogP contribution < -0.4 is 4.74 Å².